The summed E-state index contributed by atoms with van der Waals surface area (Å²) in [5.41, 5.74) is 13.0. The maximum atomic E-state index is 14.1. The van der Waals surface area contributed by atoms with Crippen LogP contribution in [0.3, 0.4) is 0 Å². The molecule has 0 radical (unpaired) electrons. The molecule has 0 unspecified atom stereocenters. The topological polar surface area (TPSA) is 17.1 Å². The molecule has 0 saturated heterocycles. The Hall–Kier alpha value is -5.01. The molecule has 190 valence electrons. The predicted molar refractivity (Wildman–Crippen MR) is 165 cm³/mol. The van der Waals surface area contributed by atoms with E-state index in [0.29, 0.717) is 0 Å². The second kappa shape index (κ2) is 10.3. The van der Waals surface area contributed by atoms with Crippen LogP contribution < -0.4 is 0 Å². The van der Waals surface area contributed by atoms with Gasteiger partial charge in [0.15, 0.2) is 5.78 Å². The summed E-state index contributed by atoms with van der Waals surface area (Å²) in [6.45, 7) is 0. The average Bonchev–Trinajstić information content (AvgIpc) is 3.17. The van der Waals surface area contributed by atoms with E-state index in [4.69, 9.17) is 0 Å². The standard InChI is InChI=1S/C39H28O/c40-39-37-25-35(33-15-7-13-31(23-33)27-9-3-1-4-10-27)21-19-29(37)17-18-30-20-22-36(26-38(30)39)34-16-8-14-32(24-34)28-11-5-2-6-12-28/h1-16,19-26H,17-18H2. The van der Waals surface area contributed by atoms with Gasteiger partial charge in [0.1, 0.15) is 0 Å². The molecule has 6 aromatic carbocycles. The van der Waals surface area contributed by atoms with E-state index in [0.717, 1.165) is 57.3 Å². The van der Waals surface area contributed by atoms with E-state index in [1.165, 1.54) is 22.3 Å². The second-order valence-electron chi connectivity index (χ2n) is 10.5. The van der Waals surface area contributed by atoms with E-state index >= 15 is 0 Å². The van der Waals surface area contributed by atoms with Crippen LogP contribution in [-0.2, 0) is 12.8 Å². The van der Waals surface area contributed by atoms with Crippen molar-refractivity contribution in [2.24, 2.45) is 0 Å². The first-order chi connectivity index (χ1) is 19.7. The van der Waals surface area contributed by atoms with Crippen LogP contribution in [0.15, 0.2) is 146 Å². The van der Waals surface area contributed by atoms with Gasteiger partial charge >= 0.3 is 0 Å². The van der Waals surface area contributed by atoms with Crippen molar-refractivity contribution in [2.45, 2.75) is 12.8 Å². The fraction of sp³-hybridized carbons (Fsp3) is 0.0513. The normalized spacial score (nSPS) is 12.3. The van der Waals surface area contributed by atoms with Crippen LogP contribution in [-0.4, -0.2) is 5.78 Å². The number of aryl methyl sites for hydroxylation is 2. The van der Waals surface area contributed by atoms with E-state index in [-0.39, 0.29) is 5.78 Å². The minimum Gasteiger partial charge on any atom is -0.289 e. The van der Waals surface area contributed by atoms with Gasteiger partial charge in [-0.15, -0.1) is 0 Å². The molecule has 0 aromatic heterocycles. The largest absolute Gasteiger partial charge is 0.289 e. The van der Waals surface area contributed by atoms with Crippen molar-refractivity contribution in [3.05, 3.63) is 168 Å². The third-order valence-electron chi connectivity index (χ3n) is 7.98. The molecule has 0 bridgehead atoms. The van der Waals surface area contributed by atoms with E-state index in [1.807, 2.05) is 12.1 Å². The number of fused-ring (bicyclic) bond motifs is 2. The second-order valence-corrected chi connectivity index (χ2v) is 10.5. The van der Waals surface area contributed by atoms with Crippen LogP contribution in [0.2, 0.25) is 0 Å². The van der Waals surface area contributed by atoms with Crippen LogP contribution >= 0.6 is 0 Å². The highest BCUT2D eigenvalue weighted by atomic mass is 16.1. The van der Waals surface area contributed by atoms with Crippen molar-refractivity contribution in [3.63, 3.8) is 0 Å². The molecule has 0 atom stereocenters. The fourth-order valence-electron chi connectivity index (χ4n) is 5.80. The van der Waals surface area contributed by atoms with Gasteiger partial charge in [-0.3, -0.25) is 4.79 Å². The highest BCUT2D eigenvalue weighted by molar-refractivity contribution is 6.12. The molecule has 0 saturated carbocycles. The van der Waals surface area contributed by atoms with E-state index in [2.05, 4.69) is 133 Å². The van der Waals surface area contributed by atoms with Gasteiger partial charge in [0, 0.05) is 11.1 Å². The van der Waals surface area contributed by atoms with Crippen molar-refractivity contribution in [1.82, 2.24) is 0 Å². The van der Waals surface area contributed by atoms with Gasteiger partial charge in [0.2, 0.25) is 0 Å². The first kappa shape index (κ1) is 24.1. The molecule has 7 rings (SSSR count). The van der Waals surface area contributed by atoms with Gasteiger partial charge in [-0.1, -0.05) is 121 Å². The molecule has 1 nitrogen and oxygen atoms in total. The summed E-state index contributed by atoms with van der Waals surface area (Å²) in [4.78, 5) is 14.1. The zero-order valence-corrected chi connectivity index (χ0v) is 22.2. The minimum atomic E-state index is 0.115. The average molecular weight is 513 g/mol. The Bertz CT molecular complexity index is 1710. The van der Waals surface area contributed by atoms with Crippen LogP contribution in [0.5, 0.6) is 0 Å². The monoisotopic (exact) mass is 512 g/mol. The molecule has 1 aliphatic rings. The van der Waals surface area contributed by atoms with Crippen molar-refractivity contribution in [3.8, 4) is 44.5 Å². The zero-order valence-electron chi connectivity index (χ0n) is 22.2. The number of benzene rings is 6. The van der Waals surface area contributed by atoms with E-state index in [1.54, 1.807) is 0 Å². The Morgan fingerprint density at radius 3 is 1.10 bits per heavy atom. The number of carbonyl (C=O) groups is 1. The lowest BCUT2D eigenvalue weighted by molar-refractivity contribution is 0.103. The van der Waals surface area contributed by atoms with Gasteiger partial charge in [-0.25, -0.2) is 0 Å². The number of carbonyl (C=O) groups excluding carboxylic acids is 1. The number of hydrogen-bond donors (Lipinski definition) is 0. The van der Waals surface area contributed by atoms with E-state index < -0.39 is 0 Å². The number of ketones is 1. The molecule has 0 heterocycles. The Labute approximate surface area is 235 Å². The van der Waals surface area contributed by atoms with Crippen molar-refractivity contribution in [1.29, 1.82) is 0 Å². The molecule has 0 N–H and O–H groups in total. The van der Waals surface area contributed by atoms with Gasteiger partial charge in [-0.2, -0.15) is 0 Å². The fourth-order valence-corrected chi connectivity index (χ4v) is 5.80. The molecule has 0 fully saturated rings. The van der Waals surface area contributed by atoms with Crippen molar-refractivity contribution < 1.29 is 4.79 Å². The van der Waals surface area contributed by atoms with Gasteiger partial charge in [-0.05, 0) is 92.7 Å². The molecule has 0 amide bonds. The highest BCUT2D eigenvalue weighted by Crippen LogP contribution is 2.34. The predicted octanol–water partition coefficient (Wildman–Crippen LogP) is 9.68. The SMILES string of the molecule is O=C1c2cc(-c3cccc(-c4ccccc4)c3)ccc2CCc2ccc(-c3cccc(-c4ccccc4)c3)cc21. The lowest BCUT2D eigenvalue weighted by Crippen LogP contribution is -2.05. The lowest BCUT2D eigenvalue weighted by Gasteiger charge is -2.12. The highest BCUT2D eigenvalue weighted by Gasteiger charge is 2.22. The maximum absolute atomic E-state index is 14.1. The Kier molecular flexibility index (Phi) is 6.18. The third-order valence-corrected chi connectivity index (χ3v) is 7.98. The summed E-state index contributed by atoms with van der Waals surface area (Å²) in [6, 6.07) is 50.8. The van der Waals surface area contributed by atoms with Crippen LogP contribution in [0.25, 0.3) is 44.5 Å². The smallest absolute Gasteiger partial charge is 0.193 e. The quantitative estimate of drug-likeness (QED) is 0.230. The summed E-state index contributed by atoms with van der Waals surface area (Å²) >= 11 is 0. The van der Waals surface area contributed by atoms with Crippen LogP contribution in [0, 0.1) is 0 Å². The summed E-state index contributed by atoms with van der Waals surface area (Å²) in [5, 5.41) is 0. The Balaban J connectivity index is 1.26. The minimum absolute atomic E-state index is 0.115. The molecular formula is C39H28O. The van der Waals surface area contributed by atoms with Crippen LogP contribution in [0.1, 0.15) is 27.0 Å². The molecule has 0 spiro atoms. The van der Waals surface area contributed by atoms with E-state index in [9.17, 15) is 4.79 Å². The first-order valence-corrected chi connectivity index (χ1v) is 13.9. The zero-order chi connectivity index (χ0) is 26.9. The molecular weight excluding hydrogens is 484 g/mol. The summed E-state index contributed by atoms with van der Waals surface area (Å²) in [5.74, 6) is 0.115. The maximum Gasteiger partial charge on any atom is 0.193 e. The van der Waals surface area contributed by atoms with Gasteiger partial charge < -0.3 is 0 Å². The summed E-state index contributed by atoms with van der Waals surface area (Å²) < 4.78 is 0. The summed E-state index contributed by atoms with van der Waals surface area (Å²) in [6.07, 6.45) is 1.72. The summed E-state index contributed by atoms with van der Waals surface area (Å²) in [7, 11) is 0. The molecule has 40 heavy (non-hydrogen) atoms. The Morgan fingerprint density at radius 1 is 0.325 bits per heavy atom. The van der Waals surface area contributed by atoms with Crippen molar-refractivity contribution >= 4 is 5.78 Å². The molecule has 0 aliphatic heterocycles. The Morgan fingerprint density at radius 2 is 0.675 bits per heavy atom. The molecule has 6 aromatic rings. The van der Waals surface area contributed by atoms with Crippen LogP contribution in [0.4, 0.5) is 0 Å². The number of rotatable bonds is 4. The molecule has 1 heteroatoms. The van der Waals surface area contributed by atoms with Gasteiger partial charge in [0.25, 0.3) is 0 Å². The van der Waals surface area contributed by atoms with Gasteiger partial charge in [0.05, 0.1) is 0 Å². The van der Waals surface area contributed by atoms with Crippen molar-refractivity contribution in [2.75, 3.05) is 0 Å². The molecule has 1 aliphatic carbocycles. The first-order valence-electron chi connectivity index (χ1n) is 13.9. The lowest BCUT2D eigenvalue weighted by atomic mass is 9.91. The number of hydrogen-bond acceptors (Lipinski definition) is 1. The third kappa shape index (κ3) is 4.57.